The molecule has 5 rings (SSSR count). The van der Waals surface area contributed by atoms with Gasteiger partial charge in [0.15, 0.2) is 0 Å². The van der Waals surface area contributed by atoms with Crippen molar-refractivity contribution in [1.82, 2.24) is 29.7 Å². The molecule has 1 saturated carbocycles. The normalized spacial score (nSPS) is 24.9. The predicted molar refractivity (Wildman–Crippen MR) is 105 cm³/mol. The summed E-state index contributed by atoms with van der Waals surface area (Å²) in [5.41, 5.74) is -0.709. The number of amides is 1. The molecule has 2 bridgehead atoms. The zero-order valence-electron chi connectivity index (χ0n) is 16.6. The molecule has 2 fully saturated rings. The van der Waals surface area contributed by atoms with Gasteiger partial charge in [0.2, 0.25) is 0 Å². The summed E-state index contributed by atoms with van der Waals surface area (Å²) in [7, 11) is 0. The molecular weight excluding hydrogens is 390 g/mol. The molecule has 2 aromatic heterocycles. The second-order valence-corrected chi connectivity index (χ2v) is 8.69. The molecule has 11 heteroatoms. The highest BCUT2D eigenvalue weighted by molar-refractivity contribution is 5.84. The van der Waals surface area contributed by atoms with Crippen LogP contribution in [-0.2, 0) is 16.9 Å². The van der Waals surface area contributed by atoms with E-state index in [-0.39, 0.29) is 28.7 Å². The summed E-state index contributed by atoms with van der Waals surface area (Å²) in [6, 6.07) is 3.07. The van der Waals surface area contributed by atoms with Gasteiger partial charge in [-0.3, -0.25) is 14.8 Å². The molecular formula is C19H24N7O4-. The summed E-state index contributed by atoms with van der Waals surface area (Å²) < 4.78 is 3.21. The molecule has 1 amide bonds. The number of hydrogen-bond donors (Lipinski definition) is 1. The Morgan fingerprint density at radius 2 is 2.00 bits per heavy atom. The minimum Gasteiger partial charge on any atom is -0.733 e. The van der Waals surface area contributed by atoms with E-state index in [1.165, 1.54) is 12.4 Å². The van der Waals surface area contributed by atoms with Crippen LogP contribution in [0.4, 0.5) is 5.69 Å². The van der Waals surface area contributed by atoms with Gasteiger partial charge in [-0.2, -0.15) is 0 Å². The fourth-order valence-electron chi connectivity index (χ4n) is 5.58. The molecule has 3 aliphatic rings. The van der Waals surface area contributed by atoms with Crippen LogP contribution < -0.4 is 10.8 Å². The number of hydrogen-bond acceptors (Lipinski definition) is 8. The lowest BCUT2D eigenvalue weighted by molar-refractivity contribution is -0.146. The fourth-order valence-corrected chi connectivity index (χ4v) is 5.58. The Kier molecular flexibility index (Phi) is 4.58. The van der Waals surface area contributed by atoms with E-state index in [1.807, 2.05) is 4.90 Å². The van der Waals surface area contributed by atoms with Crippen LogP contribution in [0.3, 0.4) is 0 Å². The maximum atomic E-state index is 13.8. The van der Waals surface area contributed by atoms with Crippen molar-refractivity contribution in [2.75, 3.05) is 18.3 Å². The first-order chi connectivity index (χ1) is 14.5. The highest BCUT2D eigenvalue weighted by Gasteiger charge is 2.47. The lowest BCUT2D eigenvalue weighted by Gasteiger charge is -2.46. The van der Waals surface area contributed by atoms with Crippen LogP contribution in [0.25, 0.3) is 0 Å². The molecule has 2 unspecified atom stereocenters. The standard InChI is InChI=1S/C19H24N7O4/c27-17-16(26(29)30)5-4-15-14-8-13(10-24(15)17)9-23(11-14)18(28)19(6-2-1-3-7-19)25-12-20-21-22-25/h4-5,12-14,29H,1-3,6-11H2/q-1. The third kappa shape index (κ3) is 2.91. The van der Waals surface area contributed by atoms with Gasteiger partial charge in [0, 0.05) is 31.2 Å². The number of likely N-dealkylation sites (tertiary alicyclic amines) is 1. The first kappa shape index (κ1) is 19.2. The van der Waals surface area contributed by atoms with Crippen LogP contribution in [0.15, 0.2) is 23.3 Å². The molecule has 1 saturated heterocycles. The van der Waals surface area contributed by atoms with Crippen LogP contribution >= 0.6 is 0 Å². The molecule has 30 heavy (non-hydrogen) atoms. The quantitative estimate of drug-likeness (QED) is 0.731. The number of nitrogens with zero attached hydrogens (tertiary/aromatic N) is 7. The van der Waals surface area contributed by atoms with Gasteiger partial charge in [0.1, 0.15) is 17.6 Å². The van der Waals surface area contributed by atoms with Crippen molar-refractivity contribution < 1.29 is 10.0 Å². The van der Waals surface area contributed by atoms with E-state index < -0.39 is 11.1 Å². The summed E-state index contributed by atoms with van der Waals surface area (Å²) in [4.78, 5) is 28.3. The second kappa shape index (κ2) is 7.17. The van der Waals surface area contributed by atoms with Crippen LogP contribution in [0, 0.1) is 11.1 Å². The van der Waals surface area contributed by atoms with Crippen molar-refractivity contribution in [2.24, 2.45) is 5.92 Å². The molecule has 0 radical (unpaired) electrons. The lowest BCUT2D eigenvalue weighted by Crippen LogP contribution is -2.57. The number of tetrazole rings is 1. The van der Waals surface area contributed by atoms with Crippen molar-refractivity contribution in [1.29, 1.82) is 0 Å². The Hall–Kier alpha value is -2.79. The van der Waals surface area contributed by atoms with Gasteiger partial charge in [-0.25, -0.2) is 4.68 Å². The van der Waals surface area contributed by atoms with E-state index in [0.29, 0.717) is 19.6 Å². The summed E-state index contributed by atoms with van der Waals surface area (Å²) in [5, 5.41) is 31.7. The molecule has 1 aliphatic carbocycles. The topological polar surface area (TPSA) is 132 Å². The van der Waals surface area contributed by atoms with Crippen LogP contribution in [0.1, 0.15) is 50.1 Å². The first-order valence-corrected chi connectivity index (χ1v) is 10.4. The van der Waals surface area contributed by atoms with E-state index in [0.717, 1.165) is 44.2 Å². The highest BCUT2D eigenvalue weighted by atomic mass is 16.8. The van der Waals surface area contributed by atoms with Gasteiger partial charge >= 0.3 is 0 Å². The fraction of sp³-hybridized carbons (Fsp3) is 0.632. The van der Waals surface area contributed by atoms with Crippen molar-refractivity contribution in [3.8, 4) is 0 Å². The van der Waals surface area contributed by atoms with E-state index >= 15 is 0 Å². The summed E-state index contributed by atoms with van der Waals surface area (Å²) >= 11 is 0. The molecule has 11 nitrogen and oxygen atoms in total. The lowest BCUT2D eigenvalue weighted by atomic mass is 9.78. The first-order valence-electron chi connectivity index (χ1n) is 10.4. The summed E-state index contributed by atoms with van der Waals surface area (Å²) in [6.07, 6.45) is 6.88. The Labute approximate surface area is 172 Å². The van der Waals surface area contributed by atoms with E-state index in [1.54, 1.807) is 15.3 Å². The van der Waals surface area contributed by atoms with Gasteiger partial charge in [0.25, 0.3) is 11.5 Å². The van der Waals surface area contributed by atoms with E-state index in [2.05, 4.69) is 15.5 Å². The number of carbonyl (C=O) groups excluding carboxylic acids is 1. The largest absolute Gasteiger partial charge is 0.733 e. The molecule has 4 heterocycles. The Balaban J connectivity index is 1.46. The number of carbonyl (C=O) groups is 1. The minimum absolute atomic E-state index is 0.0107. The van der Waals surface area contributed by atoms with Crippen molar-refractivity contribution >= 4 is 11.6 Å². The van der Waals surface area contributed by atoms with Gasteiger partial charge in [-0.1, -0.05) is 19.3 Å². The van der Waals surface area contributed by atoms with Crippen LogP contribution in [0.5, 0.6) is 0 Å². The zero-order valence-corrected chi connectivity index (χ0v) is 16.6. The third-order valence-electron chi connectivity index (χ3n) is 6.94. The van der Waals surface area contributed by atoms with E-state index in [9.17, 15) is 20.0 Å². The number of piperidine rings is 1. The van der Waals surface area contributed by atoms with Crippen molar-refractivity contribution in [3.05, 3.63) is 39.7 Å². The molecule has 160 valence electrons. The number of anilines is 1. The van der Waals surface area contributed by atoms with Gasteiger partial charge < -0.3 is 19.9 Å². The second-order valence-electron chi connectivity index (χ2n) is 8.69. The average molecular weight is 414 g/mol. The maximum absolute atomic E-state index is 13.8. The highest BCUT2D eigenvalue weighted by Crippen LogP contribution is 2.40. The number of rotatable bonds is 3. The van der Waals surface area contributed by atoms with Crippen LogP contribution in [0.2, 0.25) is 0 Å². The zero-order chi connectivity index (χ0) is 20.9. The number of pyridine rings is 1. The third-order valence-corrected chi connectivity index (χ3v) is 6.94. The number of aromatic nitrogens is 5. The van der Waals surface area contributed by atoms with E-state index in [4.69, 9.17) is 0 Å². The predicted octanol–water partition coefficient (Wildman–Crippen LogP) is 0.833. The molecule has 0 aromatic carbocycles. The Morgan fingerprint density at radius 3 is 2.70 bits per heavy atom. The molecule has 2 aliphatic heterocycles. The van der Waals surface area contributed by atoms with Crippen LogP contribution in [-0.4, -0.2) is 53.9 Å². The molecule has 0 spiro atoms. The maximum Gasteiger partial charge on any atom is 0.275 e. The Bertz CT molecular complexity index is 997. The number of fused-ring (bicyclic) bond motifs is 4. The monoisotopic (exact) mass is 414 g/mol. The summed E-state index contributed by atoms with van der Waals surface area (Å²) in [5.74, 6) is 0.177. The van der Waals surface area contributed by atoms with Crippen molar-refractivity contribution in [3.63, 3.8) is 0 Å². The molecule has 2 aromatic rings. The van der Waals surface area contributed by atoms with Gasteiger partial charge in [0.05, 0.1) is 0 Å². The SMILES string of the molecule is O=C(N1CC2CC(C1)c1ccc(N([O-])O)c(=O)n1C2)C1(n2cnnn2)CCCCC1. The molecule has 1 N–H and O–H groups in total. The van der Waals surface area contributed by atoms with Gasteiger partial charge in [-0.05, 0) is 47.7 Å². The van der Waals surface area contributed by atoms with Crippen molar-refractivity contribution in [2.45, 2.75) is 56.5 Å². The summed E-state index contributed by atoms with van der Waals surface area (Å²) in [6.45, 7) is 1.49. The average Bonchev–Trinajstić information content (AvgIpc) is 3.29. The smallest absolute Gasteiger partial charge is 0.275 e. The minimum atomic E-state index is -0.739. The van der Waals surface area contributed by atoms with Gasteiger partial charge in [-0.15, -0.1) is 5.10 Å². The molecule has 2 atom stereocenters. The Morgan fingerprint density at radius 1 is 1.20 bits per heavy atom.